The third kappa shape index (κ3) is 4.08. The van der Waals surface area contributed by atoms with Gasteiger partial charge in [-0.2, -0.15) is 0 Å². The maximum Gasteiger partial charge on any atom is 0.383 e. The Kier molecular flexibility index (Phi) is 4.79. The quantitative estimate of drug-likeness (QED) is 0.554. The summed E-state index contributed by atoms with van der Waals surface area (Å²) in [4.78, 5) is 34.4. The Morgan fingerprint density at radius 3 is 2.90 bits per heavy atom. The first kappa shape index (κ1) is 16.5. The number of aromatic amines is 1. The van der Waals surface area contributed by atoms with Gasteiger partial charge in [0, 0.05) is 11.8 Å². The maximum atomic E-state index is 11.8. The summed E-state index contributed by atoms with van der Waals surface area (Å²) in [5, 5.41) is 0. The Hall–Kier alpha value is -0.860. The highest BCUT2D eigenvalue weighted by Gasteiger charge is 2.35. The predicted octanol–water partition coefficient (Wildman–Crippen LogP) is 0.815. The van der Waals surface area contributed by atoms with Gasteiger partial charge in [-0.15, -0.1) is 0 Å². The Balaban J connectivity index is 2.14. The second kappa shape index (κ2) is 6.10. The van der Waals surface area contributed by atoms with E-state index in [1.54, 1.807) is 6.92 Å². The first-order valence-corrected chi connectivity index (χ1v) is 9.08. The second-order valence-electron chi connectivity index (χ2n) is 5.11. The predicted molar refractivity (Wildman–Crippen MR) is 78.5 cm³/mol. The van der Waals surface area contributed by atoms with Gasteiger partial charge in [0.1, 0.15) is 6.23 Å². The van der Waals surface area contributed by atoms with Gasteiger partial charge in [0.05, 0.1) is 12.7 Å². The average Bonchev–Trinajstić information content (AvgIpc) is 2.72. The standard InChI is InChI=1S/C11H17N2O6PS/c1-6-3-9(19-8(6)5-18-20(16,17)21)13-4-7(2)10(14)12-11(13)15/h4,6,8-9H,3,5H2,1-2H3,(H,12,14,15)(H2,16,17,21)/t6?,8-,9-/m1/s1. The summed E-state index contributed by atoms with van der Waals surface area (Å²) >= 11 is 3.43. The van der Waals surface area contributed by atoms with Crippen molar-refractivity contribution in [2.75, 3.05) is 6.61 Å². The monoisotopic (exact) mass is 336 g/mol. The van der Waals surface area contributed by atoms with Crippen LogP contribution in [-0.2, 0) is 13.8 Å². The summed E-state index contributed by atoms with van der Waals surface area (Å²) < 4.78 is 22.8. The van der Waals surface area contributed by atoms with E-state index in [2.05, 4.69) is 17.2 Å². The van der Waals surface area contributed by atoms with Crippen molar-refractivity contribution in [3.8, 4) is 0 Å². The highest BCUT2D eigenvalue weighted by molar-refractivity contribution is 8.44. The lowest BCUT2D eigenvalue weighted by atomic mass is 10.0. The van der Waals surface area contributed by atoms with Crippen molar-refractivity contribution in [2.24, 2.45) is 5.92 Å². The molecule has 1 saturated heterocycles. The third-order valence-electron chi connectivity index (χ3n) is 3.40. The average molecular weight is 336 g/mol. The molecule has 0 aromatic carbocycles. The van der Waals surface area contributed by atoms with E-state index in [4.69, 9.17) is 14.2 Å². The number of aryl methyl sites for hydroxylation is 1. The highest BCUT2D eigenvalue weighted by atomic mass is 32.7. The lowest BCUT2D eigenvalue weighted by molar-refractivity contribution is -0.0272. The molecule has 2 rings (SSSR count). The van der Waals surface area contributed by atoms with Crippen LogP contribution in [0.3, 0.4) is 0 Å². The van der Waals surface area contributed by atoms with Crippen molar-refractivity contribution in [2.45, 2.75) is 32.6 Å². The summed E-state index contributed by atoms with van der Waals surface area (Å²) in [6, 6.07) is 0. The lowest BCUT2D eigenvalue weighted by Crippen LogP contribution is -2.33. The molecule has 2 unspecified atom stereocenters. The molecule has 0 amide bonds. The zero-order valence-corrected chi connectivity index (χ0v) is 13.3. The van der Waals surface area contributed by atoms with Crippen molar-refractivity contribution in [1.29, 1.82) is 0 Å². The smallest absolute Gasteiger partial charge is 0.352 e. The molecule has 10 heteroatoms. The van der Waals surface area contributed by atoms with E-state index < -0.39 is 30.4 Å². The molecule has 2 heterocycles. The number of rotatable bonds is 4. The number of nitrogens with one attached hydrogen (secondary N) is 1. The molecule has 1 fully saturated rings. The lowest BCUT2D eigenvalue weighted by Gasteiger charge is -2.17. The Labute approximate surface area is 125 Å². The largest absolute Gasteiger partial charge is 0.383 e. The van der Waals surface area contributed by atoms with Gasteiger partial charge in [-0.3, -0.25) is 18.9 Å². The van der Waals surface area contributed by atoms with E-state index in [9.17, 15) is 14.2 Å². The van der Waals surface area contributed by atoms with Crippen LogP contribution in [0.2, 0.25) is 0 Å². The van der Waals surface area contributed by atoms with Crippen LogP contribution in [-0.4, -0.2) is 27.2 Å². The molecule has 1 aromatic rings. The number of hydrogen-bond acceptors (Lipinski definition) is 5. The fourth-order valence-corrected chi connectivity index (χ4v) is 2.76. The van der Waals surface area contributed by atoms with Gasteiger partial charge >= 0.3 is 12.5 Å². The van der Waals surface area contributed by atoms with Crippen LogP contribution in [0.5, 0.6) is 0 Å². The number of ether oxygens (including phenoxy) is 1. The Morgan fingerprint density at radius 2 is 2.29 bits per heavy atom. The van der Waals surface area contributed by atoms with E-state index in [-0.39, 0.29) is 12.5 Å². The minimum atomic E-state index is -3.86. The molecular formula is C11H17N2O6PS. The SMILES string of the molecule is Cc1cn([C@H]2CC(C)[C@@H](COP(=O)(O)S)O2)c(=O)[nH]c1=O. The van der Waals surface area contributed by atoms with Crippen LogP contribution < -0.4 is 11.2 Å². The molecule has 0 saturated carbocycles. The summed E-state index contributed by atoms with van der Waals surface area (Å²) in [6.45, 7) is -0.472. The highest BCUT2D eigenvalue weighted by Crippen LogP contribution is 2.47. The van der Waals surface area contributed by atoms with Gasteiger partial charge in [-0.1, -0.05) is 19.2 Å². The van der Waals surface area contributed by atoms with Gasteiger partial charge in [0.2, 0.25) is 0 Å². The van der Waals surface area contributed by atoms with Gasteiger partial charge < -0.3 is 9.63 Å². The molecule has 0 spiro atoms. The van der Waals surface area contributed by atoms with Crippen molar-refractivity contribution in [1.82, 2.24) is 9.55 Å². The van der Waals surface area contributed by atoms with Gasteiger partial charge in [0.15, 0.2) is 0 Å². The van der Waals surface area contributed by atoms with Crippen molar-refractivity contribution < 1.29 is 18.7 Å². The first-order chi connectivity index (χ1) is 9.67. The zero-order chi connectivity index (χ0) is 15.8. The van der Waals surface area contributed by atoms with E-state index in [0.717, 1.165) is 0 Å². The van der Waals surface area contributed by atoms with E-state index in [1.165, 1.54) is 10.8 Å². The molecule has 118 valence electrons. The molecule has 21 heavy (non-hydrogen) atoms. The van der Waals surface area contributed by atoms with Crippen LogP contribution in [0.1, 0.15) is 25.1 Å². The minimum Gasteiger partial charge on any atom is -0.352 e. The summed E-state index contributed by atoms with van der Waals surface area (Å²) in [5.74, 6) is 0.0222. The van der Waals surface area contributed by atoms with Gasteiger partial charge in [0.25, 0.3) is 5.56 Å². The number of aromatic nitrogens is 2. The summed E-state index contributed by atoms with van der Waals surface area (Å²) in [5.41, 5.74) is -0.578. The van der Waals surface area contributed by atoms with Crippen LogP contribution in [0.15, 0.2) is 15.8 Å². The van der Waals surface area contributed by atoms with E-state index in [0.29, 0.717) is 12.0 Å². The van der Waals surface area contributed by atoms with Crippen LogP contribution in [0.25, 0.3) is 0 Å². The molecule has 4 atom stereocenters. The third-order valence-corrected chi connectivity index (χ3v) is 4.23. The molecule has 1 aromatic heterocycles. The molecule has 2 N–H and O–H groups in total. The van der Waals surface area contributed by atoms with Crippen LogP contribution in [0.4, 0.5) is 0 Å². The van der Waals surface area contributed by atoms with E-state index in [1.807, 2.05) is 6.92 Å². The van der Waals surface area contributed by atoms with Crippen molar-refractivity contribution in [3.05, 3.63) is 32.6 Å². The van der Waals surface area contributed by atoms with Crippen LogP contribution in [0, 0.1) is 12.8 Å². The number of thiol groups is 1. The molecule has 1 aliphatic rings. The Morgan fingerprint density at radius 1 is 1.62 bits per heavy atom. The minimum absolute atomic E-state index is 0.0222. The molecular weight excluding hydrogens is 319 g/mol. The van der Waals surface area contributed by atoms with Gasteiger partial charge in [-0.05, 0) is 19.3 Å². The van der Waals surface area contributed by atoms with Crippen molar-refractivity contribution >= 4 is 19.0 Å². The van der Waals surface area contributed by atoms with Crippen molar-refractivity contribution in [3.63, 3.8) is 0 Å². The normalized spacial score (nSPS) is 28.5. The fraction of sp³-hybridized carbons (Fsp3) is 0.636. The topological polar surface area (TPSA) is 111 Å². The number of H-pyrrole nitrogens is 1. The zero-order valence-electron chi connectivity index (χ0n) is 11.6. The molecule has 0 aliphatic carbocycles. The molecule has 0 radical (unpaired) electrons. The molecule has 8 nitrogen and oxygen atoms in total. The summed E-state index contributed by atoms with van der Waals surface area (Å²) in [7, 11) is 0. The first-order valence-electron chi connectivity index (χ1n) is 6.35. The Bertz CT molecular complexity index is 680. The molecule has 0 bridgehead atoms. The molecule has 1 aliphatic heterocycles. The summed E-state index contributed by atoms with van der Waals surface area (Å²) in [6.07, 6.45) is 0.996. The van der Waals surface area contributed by atoms with Gasteiger partial charge in [-0.25, -0.2) is 9.36 Å². The second-order valence-corrected chi connectivity index (χ2v) is 7.86. The van der Waals surface area contributed by atoms with Crippen LogP contribution >= 0.6 is 19.0 Å². The maximum absolute atomic E-state index is 11.8. The number of nitrogens with zero attached hydrogens (tertiary/aromatic N) is 1. The van der Waals surface area contributed by atoms with E-state index >= 15 is 0 Å². The fourth-order valence-electron chi connectivity index (χ4n) is 2.21. The number of hydrogen-bond donors (Lipinski definition) is 3.